The molecule has 3 aromatic carbocycles. The molecular formula is C26H25N3O5. The van der Waals surface area contributed by atoms with Crippen molar-refractivity contribution in [1.29, 1.82) is 0 Å². The fourth-order valence-corrected chi connectivity index (χ4v) is 3.77. The summed E-state index contributed by atoms with van der Waals surface area (Å²) in [4.78, 5) is 41.0. The smallest absolute Gasteiger partial charge is 0.329 e. The van der Waals surface area contributed by atoms with Crippen molar-refractivity contribution >= 4 is 16.8 Å². The molecule has 0 fully saturated rings. The maximum absolute atomic E-state index is 13.0. The minimum absolute atomic E-state index is 0.0563. The van der Waals surface area contributed by atoms with Gasteiger partial charge in [0.1, 0.15) is 0 Å². The van der Waals surface area contributed by atoms with Crippen LogP contribution in [0.25, 0.3) is 10.9 Å². The number of aromatic nitrogens is 2. The molecule has 8 heteroatoms. The van der Waals surface area contributed by atoms with Crippen LogP contribution in [0.1, 0.15) is 34.5 Å². The zero-order valence-electron chi connectivity index (χ0n) is 19.1. The van der Waals surface area contributed by atoms with Gasteiger partial charge in [0.2, 0.25) is 0 Å². The number of carbonyl (C=O) groups excluding carboxylic acids is 1. The number of rotatable bonds is 7. The first kappa shape index (κ1) is 22.8. The minimum atomic E-state index is -0.539. The fourth-order valence-electron chi connectivity index (χ4n) is 3.77. The first-order valence-corrected chi connectivity index (χ1v) is 10.7. The molecule has 34 heavy (non-hydrogen) atoms. The number of H-pyrrole nitrogens is 1. The standard InChI is InChI=1S/C26H25N3O5/c1-16(18-7-5-4-6-8-18)27-24(30)19-11-9-17(10-12-19)15-29-25(31)20-13-22(33-2)23(34-3)14-21(20)28-26(29)32/h4-14,16H,15H2,1-3H3,(H,27,30)(H,28,32)/t16-/m1/s1. The Morgan fingerprint density at radius 3 is 2.26 bits per heavy atom. The highest BCUT2D eigenvalue weighted by molar-refractivity contribution is 5.94. The van der Waals surface area contributed by atoms with Gasteiger partial charge >= 0.3 is 5.69 Å². The first-order valence-electron chi connectivity index (χ1n) is 10.7. The summed E-state index contributed by atoms with van der Waals surface area (Å²) >= 11 is 0. The summed E-state index contributed by atoms with van der Waals surface area (Å²) in [5, 5.41) is 3.28. The molecule has 0 aliphatic heterocycles. The second-order valence-electron chi connectivity index (χ2n) is 7.88. The van der Waals surface area contributed by atoms with Crippen LogP contribution >= 0.6 is 0 Å². The lowest BCUT2D eigenvalue weighted by molar-refractivity contribution is 0.0940. The molecule has 1 aromatic heterocycles. The van der Waals surface area contributed by atoms with Crippen molar-refractivity contribution in [3.8, 4) is 11.5 Å². The van der Waals surface area contributed by atoms with Gasteiger partial charge in [0, 0.05) is 11.6 Å². The SMILES string of the molecule is COc1cc2[nH]c(=O)n(Cc3ccc(C(=O)N[C@H](C)c4ccccc4)cc3)c(=O)c2cc1OC. The van der Waals surface area contributed by atoms with Crippen LogP contribution in [-0.4, -0.2) is 29.7 Å². The number of hydrogen-bond donors (Lipinski definition) is 2. The van der Waals surface area contributed by atoms with Crippen molar-refractivity contribution in [2.45, 2.75) is 19.5 Å². The number of nitrogens with zero attached hydrogens (tertiary/aromatic N) is 1. The fraction of sp³-hybridized carbons (Fsp3) is 0.192. The minimum Gasteiger partial charge on any atom is -0.493 e. The van der Waals surface area contributed by atoms with Crippen LogP contribution in [0.4, 0.5) is 0 Å². The molecule has 0 saturated carbocycles. The van der Waals surface area contributed by atoms with E-state index in [-0.39, 0.29) is 18.5 Å². The number of carbonyl (C=O) groups is 1. The molecule has 8 nitrogen and oxygen atoms in total. The summed E-state index contributed by atoms with van der Waals surface area (Å²) in [6.45, 7) is 1.98. The average molecular weight is 460 g/mol. The maximum atomic E-state index is 13.0. The van der Waals surface area contributed by atoms with E-state index in [0.717, 1.165) is 10.1 Å². The third kappa shape index (κ3) is 4.56. The summed E-state index contributed by atoms with van der Waals surface area (Å²) in [6, 6.07) is 19.5. The Balaban J connectivity index is 1.56. The number of hydrogen-bond acceptors (Lipinski definition) is 5. The van der Waals surface area contributed by atoms with Crippen LogP contribution in [0.3, 0.4) is 0 Å². The molecule has 0 radical (unpaired) electrons. The topological polar surface area (TPSA) is 102 Å². The zero-order valence-corrected chi connectivity index (χ0v) is 19.1. The Morgan fingerprint density at radius 2 is 1.62 bits per heavy atom. The second kappa shape index (κ2) is 9.66. The Bertz CT molecular complexity index is 1440. The Morgan fingerprint density at radius 1 is 0.971 bits per heavy atom. The highest BCUT2D eigenvalue weighted by Gasteiger charge is 2.14. The molecule has 0 saturated heterocycles. The van der Waals surface area contributed by atoms with Crippen molar-refractivity contribution < 1.29 is 14.3 Å². The van der Waals surface area contributed by atoms with Gasteiger partial charge < -0.3 is 19.8 Å². The van der Waals surface area contributed by atoms with Crippen molar-refractivity contribution in [3.05, 3.63) is 104 Å². The van der Waals surface area contributed by atoms with Crippen LogP contribution < -0.4 is 26.0 Å². The van der Waals surface area contributed by atoms with Crippen LogP contribution in [0.2, 0.25) is 0 Å². The lowest BCUT2D eigenvalue weighted by atomic mass is 10.1. The lowest BCUT2D eigenvalue weighted by Crippen LogP contribution is -2.35. The summed E-state index contributed by atoms with van der Waals surface area (Å²) in [7, 11) is 2.96. The number of benzene rings is 3. The summed E-state index contributed by atoms with van der Waals surface area (Å²) < 4.78 is 11.6. The third-order valence-electron chi connectivity index (χ3n) is 5.69. The molecule has 4 rings (SSSR count). The van der Waals surface area contributed by atoms with E-state index in [9.17, 15) is 14.4 Å². The molecule has 0 spiro atoms. The van der Waals surface area contributed by atoms with E-state index in [2.05, 4.69) is 10.3 Å². The zero-order chi connectivity index (χ0) is 24.2. The molecule has 0 unspecified atom stereocenters. The van der Waals surface area contributed by atoms with Gasteiger partial charge in [-0.15, -0.1) is 0 Å². The molecule has 2 N–H and O–H groups in total. The predicted octanol–water partition coefficient (Wildman–Crippen LogP) is 3.25. The van der Waals surface area contributed by atoms with E-state index in [4.69, 9.17) is 9.47 Å². The van der Waals surface area contributed by atoms with Crippen LogP contribution in [0.15, 0.2) is 76.3 Å². The van der Waals surface area contributed by atoms with Gasteiger partial charge in [-0.25, -0.2) is 4.79 Å². The quantitative estimate of drug-likeness (QED) is 0.442. The largest absolute Gasteiger partial charge is 0.493 e. The van der Waals surface area contributed by atoms with Gasteiger partial charge in [0.25, 0.3) is 11.5 Å². The number of nitrogens with one attached hydrogen (secondary N) is 2. The monoisotopic (exact) mass is 459 g/mol. The molecule has 0 bridgehead atoms. The lowest BCUT2D eigenvalue weighted by Gasteiger charge is -2.14. The predicted molar refractivity (Wildman–Crippen MR) is 130 cm³/mol. The highest BCUT2D eigenvalue weighted by Crippen LogP contribution is 2.29. The normalized spacial score (nSPS) is 11.7. The van der Waals surface area contributed by atoms with E-state index in [1.165, 1.54) is 14.2 Å². The van der Waals surface area contributed by atoms with Crippen molar-refractivity contribution in [1.82, 2.24) is 14.9 Å². The Kier molecular flexibility index (Phi) is 6.49. The molecule has 0 aliphatic rings. The number of amides is 1. The molecule has 174 valence electrons. The molecule has 1 amide bonds. The summed E-state index contributed by atoms with van der Waals surface area (Å²) in [6.07, 6.45) is 0. The Hall–Kier alpha value is -4.33. The first-order chi connectivity index (χ1) is 16.4. The van der Waals surface area contributed by atoms with E-state index in [1.807, 2.05) is 37.3 Å². The summed E-state index contributed by atoms with van der Waals surface area (Å²) in [5.74, 6) is 0.605. The van der Waals surface area contributed by atoms with Crippen molar-refractivity contribution in [3.63, 3.8) is 0 Å². The highest BCUT2D eigenvalue weighted by atomic mass is 16.5. The molecule has 1 atom stereocenters. The maximum Gasteiger partial charge on any atom is 0.329 e. The van der Waals surface area contributed by atoms with Crippen molar-refractivity contribution in [2.75, 3.05) is 14.2 Å². The number of methoxy groups -OCH3 is 2. The van der Waals surface area contributed by atoms with Gasteiger partial charge in [0.15, 0.2) is 11.5 Å². The van der Waals surface area contributed by atoms with Crippen LogP contribution in [-0.2, 0) is 6.54 Å². The third-order valence-corrected chi connectivity index (χ3v) is 5.69. The number of aromatic amines is 1. The van der Waals surface area contributed by atoms with E-state index in [1.54, 1.807) is 36.4 Å². The van der Waals surface area contributed by atoms with Gasteiger partial charge in [-0.05, 0) is 36.2 Å². The van der Waals surface area contributed by atoms with Crippen LogP contribution in [0, 0.1) is 0 Å². The molecular weight excluding hydrogens is 434 g/mol. The molecule has 0 aliphatic carbocycles. The number of ether oxygens (including phenoxy) is 2. The number of fused-ring (bicyclic) bond motifs is 1. The van der Waals surface area contributed by atoms with Gasteiger partial charge in [-0.3, -0.25) is 14.2 Å². The van der Waals surface area contributed by atoms with E-state index in [0.29, 0.717) is 33.5 Å². The van der Waals surface area contributed by atoms with Gasteiger partial charge in [-0.1, -0.05) is 42.5 Å². The molecule has 1 heterocycles. The van der Waals surface area contributed by atoms with Gasteiger partial charge in [0.05, 0.1) is 37.7 Å². The van der Waals surface area contributed by atoms with Gasteiger partial charge in [-0.2, -0.15) is 0 Å². The van der Waals surface area contributed by atoms with E-state index < -0.39 is 11.2 Å². The molecule has 4 aromatic rings. The summed E-state index contributed by atoms with van der Waals surface area (Å²) in [5.41, 5.74) is 1.59. The van der Waals surface area contributed by atoms with E-state index >= 15 is 0 Å². The van der Waals surface area contributed by atoms with Crippen LogP contribution in [0.5, 0.6) is 11.5 Å². The van der Waals surface area contributed by atoms with Crippen molar-refractivity contribution in [2.24, 2.45) is 0 Å². The second-order valence-corrected chi connectivity index (χ2v) is 7.88. The average Bonchev–Trinajstić information content (AvgIpc) is 2.86. The Labute approximate surface area is 195 Å².